The van der Waals surface area contributed by atoms with Crippen molar-refractivity contribution in [3.63, 3.8) is 0 Å². The van der Waals surface area contributed by atoms with Crippen LogP contribution < -0.4 is 15.8 Å². The monoisotopic (exact) mass is 447 g/mol. The number of amides is 2. The Hall–Kier alpha value is -3.98. The highest BCUT2D eigenvalue weighted by atomic mass is 32.1. The minimum Gasteiger partial charge on any atom is -0.484 e. The maximum Gasteiger partial charge on any atom is 0.277 e. The number of hydrogen-bond acceptors (Lipinski definition) is 7. The number of para-hydroxylation sites is 1. The Balaban J connectivity index is 1.57. The van der Waals surface area contributed by atoms with Crippen LogP contribution in [0.25, 0.3) is 0 Å². The predicted octanol–water partition coefficient (Wildman–Crippen LogP) is 2.69. The highest BCUT2D eigenvalue weighted by molar-refractivity contribution is 7.12. The minimum absolute atomic E-state index is 0.247. The Bertz CT molecular complexity index is 1250. The molecule has 1 aromatic heterocycles. The fraction of sp³-hybridized carbons (Fsp3) is 0.130. The summed E-state index contributed by atoms with van der Waals surface area (Å²) >= 11 is 1.30. The third-order valence-electron chi connectivity index (χ3n) is 5.44. The Morgan fingerprint density at radius 2 is 1.91 bits per heavy atom. The Labute approximate surface area is 186 Å². The molecular formula is C23H17N3O5S. The van der Waals surface area contributed by atoms with Crippen molar-refractivity contribution >= 4 is 40.3 Å². The molecule has 0 aliphatic carbocycles. The number of ether oxygens (including phenoxy) is 1. The largest absolute Gasteiger partial charge is 0.484 e. The number of ketones is 1. The van der Waals surface area contributed by atoms with Gasteiger partial charge in [0, 0.05) is 16.8 Å². The van der Waals surface area contributed by atoms with E-state index in [0.29, 0.717) is 33.2 Å². The van der Waals surface area contributed by atoms with E-state index in [1.165, 1.54) is 11.3 Å². The molecule has 2 aliphatic heterocycles. The molecule has 32 heavy (non-hydrogen) atoms. The van der Waals surface area contributed by atoms with Crippen LogP contribution in [0.5, 0.6) is 5.75 Å². The third-order valence-corrected chi connectivity index (χ3v) is 6.32. The molecule has 0 unspecified atom stereocenters. The molecule has 0 bridgehead atoms. The lowest BCUT2D eigenvalue weighted by atomic mass is 9.75. The number of anilines is 1. The molecule has 3 aromatic rings. The highest BCUT2D eigenvalue weighted by Crippen LogP contribution is 2.50. The van der Waals surface area contributed by atoms with Gasteiger partial charge < -0.3 is 20.6 Å². The van der Waals surface area contributed by atoms with E-state index >= 15 is 0 Å². The van der Waals surface area contributed by atoms with E-state index in [4.69, 9.17) is 15.3 Å². The van der Waals surface area contributed by atoms with Gasteiger partial charge in [-0.3, -0.25) is 14.4 Å². The number of hydrogen-bond donors (Lipinski definition) is 2. The van der Waals surface area contributed by atoms with Gasteiger partial charge in [-0.2, -0.15) is 0 Å². The molecule has 160 valence electrons. The second-order valence-electron chi connectivity index (χ2n) is 7.36. The summed E-state index contributed by atoms with van der Waals surface area (Å²) in [6.07, 6.45) is 0. The summed E-state index contributed by atoms with van der Waals surface area (Å²) in [6, 6.07) is 17.3. The molecule has 2 aromatic carbocycles. The van der Waals surface area contributed by atoms with Gasteiger partial charge in [-0.05, 0) is 41.8 Å². The number of benzene rings is 2. The molecule has 5 rings (SSSR count). The molecule has 2 aliphatic rings. The SMILES string of the molecule is NC(=O)COc1ccc(C2=NO[C@]3(C(=O)Nc4ccccc43)[C@H]2C(=O)c2cccs2)cc1. The summed E-state index contributed by atoms with van der Waals surface area (Å²) in [5.74, 6) is -1.82. The molecule has 0 saturated heterocycles. The van der Waals surface area contributed by atoms with Crippen molar-refractivity contribution in [2.75, 3.05) is 11.9 Å². The summed E-state index contributed by atoms with van der Waals surface area (Å²) in [4.78, 5) is 44.1. The molecule has 2 amide bonds. The van der Waals surface area contributed by atoms with E-state index in [0.717, 1.165) is 0 Å². The summed E-state index contributed by atoms with van der Waals surface area (Å²) in [5, 5.41) is 8.86. The van der Waals surface area contributed by atoms with Gasteiger partial charge >= 0.3 is 0 Å². The number of nitrogens with zero attached hydrogens (tertiary/aromatic N) is 1. The van der Waals surface area contributed by atoms with E-state index in [2.05, 4.69) is 10.5 Å². The lowest BCUT2D eigenvalue weighted by Crippen LogP contribution is -2.46. The average molecular weight is 447 g/mol. The van der Waals surface area contributed by atoms with Crippen LogP contribution in [-0.2, 0) is 20.0 Å². The first kappa shape index (κ1) is 20.0. The molecule has 1 spiro atoms. The minimum atomic E-state index is -1.59. The topological polar surface area (TPSA) is 120 Å². The van der Waals surface area contributed by atoms with Gasteiger partial charge in [-0.15, -0.1) is 11.3 Å². The van der Waals surface area contributed by atoms with Crippen molar-refractivity contribution in [3.8, 4) is 5.75 Å². The molecule has 3 heterocycles. The maximum absolute atomic E-state index is 13.6. The number of rotatable bonds is 6. The molecule has 0 saturated carbocycles. The van der Waals surface area contributed by atoms with Crippen molar-refractivity contribution in [3.05, 3.63) is 82.0 Å². The van der Waals surface area contributed by atoms with Crippen molar-refractivity contribution < 1.29 is 24.0 Å². The summed E-state index contributed by atoms with van der Waals surface area (Å²) in [5.41, 5.74) is 5.63. The lowest BCUT2D eigenvalue weighted by Gasteiger charge is -2.26. The van der Waals surface area contributed by atoms with Crippen LogP contribution in [0.15, 0.2) is 71.2 Å². The molecule has 2 atom stereocenters. The van der Waals surface area contributed by atoms with Gasteiger partial charge in [-0.1, -0.05) is 29.4 Å². The number of nitrogens with two attached hydrogens (primary N) is 1. The van der Waals surface area contributed by atoms with Gasteiger partial charge in [0.1, 0.15) is 17.4 Å². The van der Waals surface area contributed by atoms with E-state index < -0.39 is 23.3 Å². The zero-order valence-corrected chi connectivity index (χ0v) is 17.4. The number of carbonyl (C=O) groups excluding carboxylic acids is 3. The van der Waals surface area contributed by atoms with E-state index in [9.17, 15) is 14.4 Å². The highest BCUT2D eigenvalue weighted by Gasteiger charge is 2.63. The van der Waals surface area contributed by atoms with Crippen LogP contribution in [0.2, 0.25) is 0 Å². The number of oxime groups is 1. The molecule has 0 radical (unpaired) electrons. The normalized spacial score (nSPS) is 20.9. The summed E-state index contributed by atoms with van der Waals surface area (Å²) < 4.78 is 5.30. The lowest BCUT2D eigenvalue weighted by molar-refractivity contribution is -0.140. The van der Waals surface area contributed by atoms with E-state index in [1.54, 1.807) is 66.0 Å². The predicted molar refractivity (Wildman–Crippen MR) is 118 cm³/mol. The van der Waals surface area contributed by atoms with Crippen molar-refractivity contribution in [2.24, 2.45) is 16.8 Å². The van der Waals surface area contributed by atoms with Crippen molar-refractivity contribution in [1.29, 1.82) is 0 Å². The average Bonchev–Trinajstić information content (AvgIpc) is 3.52. The molecule has 0 fully saturated rings. The van der Waals surface area contributed by atoms with Crippen LogP contribution in [0.4, 0.5) is 5.69 Å². The molecule has 8 nitrogen and oxygen atoms in total. The maximum atomic E-state index is 13.6. The number of carbonyl (C=O) groups is 3. The standard InChI is InChI=1S/C23H17N3O5S/c24-18(27)12-30-14-9-7-13(8-10-14)20-19(21(28)17-6-3-11-32-17)23(31-26-20)15-4-1-2-5-16(15)25-22(23)29/h1-11,19H,12H2,(H2,24,27)(H,25,29)/t19-,23+/m1/s1. The second-order valence-corrected chi connectivity index (χ2v) is 8.30. The fourth-order valence-corrected chi connectivity index (χ4v) is 4.71. The van der Waals surface area contributed by atoms with Crippen molar-refractivity contribution in [1.82, 2.24) is 0 Å². The Kier molecular flexibility index (Phi) is 4.75. The van der Waals surface area contributed by atoms with Crippen LogP contribution in [0.1, 0.15) is 20.8 Å². The van der Waals surface area contributed by atoms with Gasteiger partial charge in [-0.25, -0.2) is 0 Å². The first-order valence-corrected chi connectivity index (χ1v) is 10.6. The Morgan fingerprint density at radius 1 is 1.12 bits per heavy atom. The number of primary amides is 1. The first-order chi connectivity index (χ1) is 15.5. The van der Waals surface area contributed by atoms with Crippen LogP contribution >= 0.6 is 11.3 Å². The van der Waals surface area contributed by atoms with Crippen molar-refractivity contribution in [2.45, 2.75) is 5.60 Å². The summed E-state index contributed by atoms with van der Waals surface area (Å²) in [6.45, 7) is -0.247. The number of fused-ring (bicyclic) bond motifs is 2. The number of nitrogens with one attached hydrogen (secondary N) is 1. The zero-order valence-electron chi connectivity index (χ0n) is 16.6. The fourth-order valence-electron chi connectivity index (χ4n) is 4.02. The molecule has 3 N–H and O–H groups in total. The number of Topliss-reactive ketones (excluding diaryl/α,β-unsaturated/α-hetero) is 1. The smallest absolute Gasteiger partial charge is 0.277 e. The zero-order chi connectivity index (χ0) is 22.3. The second kappa shape index (κ2) is 7.61. The molecular weight excluding hydrogens is 430 g/mol. The van der Waals surface area contributed by atoms with Crippen LogP contribution in [0, 0.1) is 5.92 Å². The first-order valence-electron chi connectivity index (χ1n) is 9.77. The quantitative estimate of drug-likeness (QED) is 0.563. The molecule has 9 heteroatoms. The number of thiophene rings is 1. The Morgan fingerprint density at radius 3 is 2.62 bits per heavy atom. The van der Waals surface area contributed by atoms with E-state index in [-0.39, 0.29) is 12.4 Å². The van der Waals surface area contributed by atoms with Gasteiger partial charge in [0.2, 0.25) is 0 Å². The van der Waals surface area contributed by atoms with Gasteiger partial charge in [0.15, 0.2) is 12.4 Å². The van der Waals surface area contributed by atoms with Gasteiger partial charge in [0.05, 0.1) is 4.88 Å². The van der Waals surface area contributed by atoms with Crippen LogP contribution in [-0.4, -0.2) is 29.9 Å². The summed E-state index contributed by atoms with van der Waals surface area (Å²) in [7, 11) is 0. The van der Waals surface area contributed by atoms with E-state index in [1.807, 2.05) is 0 Å². The van der Waals surface area contributed by atoms with Gasteiger partial charge in [0.25, 0.3) is 17.4 Å². The third kappa shape index (κ3) is 3.05. The van der Waals surface area contributed by atoms with Crippen LogP contribution in [0.3, 0.4) is 0 Å².